The van der Waals surface area contributed by atoms with Crippen LogP contribution >= 0.6 is 0 Å². The highest BCUT2D eigenvalue weighted by atomic mass is 19.0. The van der Waals surface area contributed by atoms with Crippen LogP contribution in [0.1, 0.15) is 109 Å². The van der Waals surface area contributed by atoms with Crippen LogP contribution in [0.4, 0.5) is 4.70 Å². The summed E-state index contributed by atoms with van der Waals surface area (Å²) in [7, 11) is 0. The lowest BCUT2D eigenvalue weighted by Crippen LogP contribution is -2.20. The summed E-state index contributed by atoms with van der Waals surface area (Å²) in [6, 6.07) is 0. The number of aldehydes is 2. The van der Waals surface area contributed by atoms with E-state index in [1.165, 1.54) is 46.0 Å². The van der Waals surface area contributed by atoms with Crippen LogP contribution in [0.3, 0.4) is 0 Å². The zero-order chi connectivity index (χ0) is 30.3. The van der Waals surface area contributed by atoms with Gasteiger partial charge in [0, 0.05) is 14.3 Å². The summed E-state index contributed by atoms with van der Waals surface area (Å²) >= 11 is 0. The number of allylic oxidation sites excluding steroid dienone is 4. The average molecular weight is 582 g/mol. The number of ketones is 1. The van der Waals surface area contributed by atoms with E-state index in [0.29, 0.717) is 19.4 Å². The molecule has 0 saturated carbocycles. The van der Waals surface area contributed by atoms with E-state index in [0.717, 1.165) is 12.7 Å². The van der Waals surface area contributed by atoms with Gasteiger partial charge in [-0.05, 0) is 46.0 Å². The molecule has 0 aromatic heterocycles. The van der Waals surface area contributed by atoms with Crippen molar-refractivity contribution in [1.29, 1.82) is 0 Å². The molecule has 40 heavy (non-hydrogen) atoms. The second-order valence-corrected chi connectivity index (χ2v) is 7.61. The lowest BCUT2D eigenvalue weighted by molar-refractivity contribution is -0.153. The molecule has 1 aliphatic carbocycles. The Balaban J connectivity index is -0.0000000917. The molecule has 0 unspecified atom stereocenters. The van der Waals surface area contributed by atoms with Crippen molar-refractivity contribution in [3.8, 4) is 0 Å². The molecule has 4 rings (SSSR count). The molecule has 0 atom stereocenters. The van der Waals surface area contributed by atoms with E-state index in [1.54, 1.807) is 0 Å². The van der Waals surface area contributed by atoms with Crippen LogP contribution < -0.4 is 0 Å². The smallest absolute Gasteiger partial charge is 0.314 e. The maximum Gasteiger partial charge on any atom is 0.314 e. The van der Waals surface area contributed by atoms with Crippen LogP contribution in [-0.2, 0) is 47.8 Å². The van der Waals surface area contributed by atoms with Crippen LogP contribution in [-0.4, -0.2) is 55.4 Å². The van der Waals surface area contributed by atoms with Gasteiger partial charge in [0.15, 0.2) is 5.78 Å². The van der Waals surface area contributed by atoms with Crippen LogP contribution in [0.2, 0.25) is 0 Å². The molecule has 3 aliphatic heterocycles. The molecule has 3 fully saturated rings. The van der Waals surface area contributed by atoms with E-state index in [2.05, 4.69) is 52.4 Å². The van der Waals surface area contributed by atoms with Gasteiger partial charge in [-0.2, -0.15) is 0 Å². The van der Waals surface area contributed by atoms with Gasteiger partial charge in [0.1, 0.15) is 20.5 Å². The minimum Gasteiger partial charge on any atom is -0.466 e. The summed E-state index contributed by atoms with van der Waals surface area (Å²) in [5, 5.41) is 0. The molecular weight excluding hydrogens is 527 g/mol. The highest BCUT2D eigenvalue weighted by Crippen LogP contribution is 2.04. The molecule has 0 aromatic rings. The number of cyclic esters (lactones) is 4. The second-order valence-electron chi connectivity index (χ2n) is 7.61. The summed E-state index contributed by atoms with van der Waals surface area (Å²) < 4.78 is 18.9. The Morgan fingerprint density at radius 1 is 0.750 bits per heavy atom. The fourth-order valence-electron chi connectivity index (χ4n) is 2.31. The molecule has 0 spiro atoms. The van der Waals surface area contributed by atoms with Gasteiger partial charge in [-0.3, -0.25) is 28.7 Å². The maximum atomic E-state index is 10.3. The fourth-order valence-corrected chi connectivity index (χ4v) is 2.31. The van der Waals surface area contributed by atoms with Crippen LogP contribution in [0.25, 0.3) is 0 Å². The summed E-state index contributed by atoms with van der Waals surface area (Å²) in [5.74, 6) is -1.08. The Labute approximate surface area is 241 Å². The topological polar surface area (TPSA) is 147 Å². The summed E-state index contributed by atoms with van der Waals surface area (Å²) in [6.07, 6.45) is 18.1. The average Bonchev–Trinajstić information content (AvgIpc) is 3.47. The minimum absolute atomic E-state index is 0. The highest BCUT2D eigenvalue weighted by Gasteiger charge is 2.19. The van der Waals surface area contributed by atoms with Gasteiger partial charge in [0.2, 0.25) is 0 Å². The molecule has 0 amide bonds. The first-order valence-electron chi connectivity index (χ1n) is 13.3. The highest BCUT2D eigenvalue weighted by molar-refractivity contribution is 5.92. The molecule has 3 saturated heterocycles. The van der Waals surface area contributed by atoms with Crippen LogP contribution in [0.15, 0.2) is 24.3 Å². The van der Waals surface area contributed by atoms with E-state index < -0.39 is 18.2 Å². The largest absolute Gasteiger partial charge is 0.466 e. The zero-order valence-electron chi connectivity index (χ0n) is 24.6. The predicted molar refractivity (Wildman–Crippen MR) is 153 cm³/mol. The van der Waals surface area contributed by atoms with Crippen molar-refractivity contribution >= 4 is 42.2 Å². The standard InChI is InChI=1S/C8H12.C5H6O3.C4H4O3.C4H6O2.C3H8.2C2H4O.CH4.FH.H2/c1-2-4-6-8-7-5-3-1;6-4-1-2-5(7)8-3-4;5-3-1-2-4(6)7-3;5-4-2-1-3-6-4;1-3-2;2*1-2-3;;;/h1-2,7-8H,3-6H2;1-3H2;1-2H2;1-3H2;3H2,1-2H3;2*2H,1H3;1H4;2*1H/b2-1-,8-7?;;;;;;;;;/i;;;;;2D;;;;1+2. The quantitative estimate of drug-likeness (QED) is 0.116. The SMILES string of the molecule is C.C1=CCC/C=C\CC1.CC=O.CCC.F.O=C1CCC(=O)O1.O=C1CCC(=O)OC1.O=C1CCCO1.[2H]C(C)=O.[3HH]. The third-order valence-electron chi connectivity index (χ3n) is 3.88. The molecule has 10 nitrogen and oxygen atoms in total. The fraction of sp³-hybridized carbons (Fsp3) is 0.621. The molecule has 234 valence electrons. The number of ether oxygens (including phenoxy) is 3. The number of Topliss-reactive ketones (excluding diaryl/α,β-unsaturated/α-hetero) is 1. The third-order valence-corrected chi connectivity index (χ3v) is 3.88. The van der Waals surface area contributed by atoms with Crippen molar-refractivity contribution < 1.29 is 55.3 Å². The van der Waals surface area contributed by atoms with E-state index in [9.17, 15) is 24.0 Å². The molecule has 0 aromatic carbocycles. The Bertz CT molecular complexity index is 719. The van der Waals surface area contributed by atoms with Crippen molar-refractivity contribution in [2.45, 2.75) is 106 Å². The first-order chi connectivity index (χ1) is 18.5. The number of carbonyl (C=O) groups is 7. The van der Waals surface area contributed by atoms with Crippen molar-refractivity contribution in [2.24, 2.45) is 0 Å². The van der Waals surface area contributed by atoms with Gasteiger partial charge in [0.05, 0.1) is 25.9 Å². The number of esters is 4. The lowest BCUT2D eigenvalue weighted by atomic mass is 10.1. The van der Waals surface area contributed by atoms with E-state index in [4.69, 9.17) is 11.0 Å². The monoisotopic (exact) mass is 581 g/mol. The van der Waals surface area contributed by atoms with Gasteiger partial charge in [-0.25, -0.2) is 0 Å². The lowest BCUT2D eigenvalue weighted by Gasteiger charge is -2.07. The van der Waals surface area contributed by atoms with Gasteiger partial charge >= 0.3 is 23.9 Å². The number of hydrogen-bond acceptors (Lipinski definition) is 10. The number of carbonyl (C=O) groups excluding carboxylic acids is 7. The normalized spacial score (nSPS) is 17.0. The molecule has 11 heteroatoms. The maximum absolute atomic E-state index is 10.3. The third kappa shape index (κ3) is 41.6. The molecule has 3 heterocycles. The Kier molecular flexibility index (Phi) is 41.0. The molecule has 0 N–H and O–H groups in total. The van der Waals surface area contributed by atoms with Crippen molar-refractivity contribution in [3.63, 3.8) is 0 Å². The zero-order valence-corrected chi connectivity index (χ0v) is 23.6. The Morgan fingerprint density at radius 2 is 1.10 bits per heavy atom. The Hall–Kier alpha value is -3.50. The number of hydrogen-bond donors (Lipinski definition) is 0. The summed E-state index contributed by atoms with van der Waals surface area (Å²) in [4.78, 5) is 68.5. The molecule has 0 radical (unpaired) electrons. The minimum atomic E-state index is -0.583. The van der Waals surface area contributed by atoms with Crippen molar-refractivity contribution in [1.82, 2.24) is 0 Å². The van der Waals surface area contributed by atoms with Crippen molar-refractivity contribution in [2.75, 3.05) is 13.2 Å². The predicted octanol–water partition coefficient (Wildman–Crippen LogP) is 5.60. The number of rotatable bonds is 0. The van der Waals surface area contributed by atoms with Gasteiger partial charge in [-0.1, -0.05) is 52.0 Å². The van der Waals surface area contributed by atoms with E-state index in [1.807, 2.05) is 0 Å². The van der Waals surface area contributed by atoms with Gasteiger partial charge in [-0.15, -0.1) is 0 Å². The summed E-state index contributed by atoms with van der Waals surface area (Å²) in [6.45, 7) is 7.51. The number of halogens is 1. The van der Waals surface area contributed by atoms with Crippen LogP contribution in [0, 0.1) is 0 Å². The second kappa shape index (κ2) is 37.7. The van der Waals surface area contributed by atoms with Crippen molar-refractivity contribution in [3.05, 3.63) is 24.3 Å². The molecular formula is C29H51FO10. The first-order valence-corrected chi connectivity index (χ1v) is 12.8. The van der Waals surface area contributed by atoms with Gasteiger partial charge < -0.3 is 23.8 Å². The molecule has 0 bridgehead atoms. The molecule has 4 aliphatic rings. The van der Waals surface area contributed by atoms with Crippen LogP contribution in [0.5, 0.6) is 0 Å². The Morgan fingerprint density at radius 3 is 1.27 bits per heavy atom. The summed E-state index contributed by atoms with van der Waals surface area (Å²) in [5.41, 5.74) is 0. The first kappa shape index (κ1) is 43.5. The van der Waals surface area contributed by atoms with Gasteiger partial charge in [0.25, 0.3) is 0 Å². The van der Waals surface area contributed by atoms with E-state index in [-0.39, 0.29) is 57.1 Å². The van der Waals surface area contributed by atoms with E-state index >= 15 is 0 Å².